The van der Waals surface area contributed by atoms with E-state index in [2.05, 4.69) is 10.2 Å². The van der Waals surface area contributed by atoms with Crippen LogP contribution < -0.4 is 9.64 Å². The number of hydrogen-bond acceptors (Lipinski definition) is 8. The minimum atomic E-state index is -1.01. The topological polar surface area (TPSA) is 92.6 Å². The predicted octanol–water partition coefficient (Wildman–Crippen LogP) is 6.30. The highest BCUT2D eigenvalue weighted by molar-refractivity contribution is 8.00. The molecule has 1 unspecified atom stereocenters. The van der Waals surface area contributed by atoms with Crippen LogP contribution in [0.1, 0.15) is 35.2 Å². The minimum Gasteiger partial charge on any atom is -0.507 e. The van der Waals surface area contributed by atoms with E-state index < -0.39 is 23.5 Å². The second-order valence-electron chi connectivity index (χ2n) is 8.80. The number of ether oxygens (including phenoxy) is 1. The van der Waals surface area contributed by atoms with Crippen LogP contribution >= 0.6 is 23.1 Å². The van der Waals surface area contributed by atoms with Crippen LogP contribution in [0.2, 0.25) is 0 Å². The van der Waals surface area contributed by atoms with Crippen LogP contribution in [-0.4, -0.2) is 33.6 Å². The number of Topliss-reactive ketones (excluding diaryl/α,β-unsaturated/α-hetero) is 1. The molecule has 10 heteroatoms. The Balaban J connectivity index is 1.51. The Labute approximate surface area is 233 Å². The van der Waals surface area contributed by atoms with E-state index >= 15 is 0 Å². The van der Waals surface area contributed by atoms with Gasteiger partial charge in [-0.15, -0.1) is 10.2 Å². The van der Waals surface area contributed by atoms with E-state index in [-0.39, 0.29) is 16.5 Å². The molecule has 3 aromatic carbocycles. The van der Waals surface area contributed by atoms with Gasteiger partial charge in [-0.2, -0.15) is 0 Å². The van der Waals surface area contributed by atoms with E-state index in [0.717, 1.165) is 5.56 Å². The summed E-state index contributed by atoms with van der Waals surface area (Å²) in [6.45, 7) is 4.36. The Morgan fingerprint density at radius 2 is 1.72 bits per heavy atom. The summed E-state index contributed by atoms with van der Waals surface area (Å²) in [7, 11) is 0. The van der Waals surface area contributed by atoms with Gasteiger partial charge < -0.3 is 9.84 Å². The molecule has 1 amide bonds. The molecule has 198 valence electrons. The molecule has 5 rings (SSSR count). The summed E-state index contributed by atoms with van der Waals surface area (Å²) in [4.78, 5) is 27.9. The summed E-state index contributed by atoms with van der Waals surface area (Å²) in [5.41, 5.74) is 2.97. The average molecular weight is 562 g/mol. The van der Waals surface area contributed by atoms with Crippen LogP contribution in [-0.2, 0) is 15.3 Å². The normalized spacial score (nSPS) is 16.6. The second-order valence-corrected chi connectivity index (χ2v) is 11.0. The Bertz CT molecular complexity index is 1530. The summed E-state index contributed by atoms with van der Waals surface area (Å²) in [6.07, 6.45) is 0. The third-order valence-electron chi connectivity index (χ3n) is 6.15. The number of rotatable bonds is 8. The van der Waals surface area contributed by atoms with E-state index in [4.69, 9.17) is 4.74 Å². The van der Waals surface area contributed by atoms with Crippen molar-refractivity contribution in [3.05, 3.63) is 106 Å². The van der Waals surface area contributed by atoms with E-state index in [1.54, 1.807) is 24.3 Å². The fourth-order valence-electron chi connectivity index (χ4n) is 4.21. The number of aliphatic hydroxyl groups is 1. The van der Waals surface area contributed by atoms with Gasteiger partial charge in [0.1, 0.15) is 17.3 Å². The van der Waals surface area contributed by atoms with Crippen molar-refractivity contribution < 1.29 is 23.8 Å². The maximum absolute atomic E-state index is 13.8. The lowest BCUT2D eigenvalue weighted by Crippen LogP contribution is -2.29. The zero-order valence-corrected chi connectivity index (χ0v) is 22.8. The lowest BCUT2D eigenvalue weighted by atomic mass is 9.95. The quantitative estimate of drug-likeness (QED) is 0.0887. The number of aryl methyl sites for hydroxylation is 1. The smallest absolute Gasteiger partial charge is 0.301 e. The zero-order chi connectivity index (χ0) is 27.5. The molecule has 39 heavy (non-hydrogen) atoms. The molecule has 4 aromatic rings. The highest BCUT2D eigenvalue weighted by Gasteiger charge is 2.48. The highest BCUT2D eigenvalue weighted by Crippen LogP contribution is 2.44. The van der Waals surface area contributed by atoms with E-state index in [1.807, 2.05) is 38.1 Å². The Hall–Kier alpha value is -4.02. The van der Waals surface area contributed by atoms with Crippen molar-refractivity contribution in [1.29, 1.82) is 0 Å². The molecule has 0 saturated carbocycles. The van der Waals surface area contributed by atoms with Crippen LogP contribution in [0.3, 0.4) is 0 Å². The van der Waals surface area contributed by atoms with Gasteiger partial charge in [0.25, 0.3) is 5.78 Å². The maximum atomic E-state index is 13.8. The first-order chi connectivity index (χ1) is 18.9. The van der Waals surface area contributed by atoms with Gasteiger partial charge in [0.15, 0.2) is 4.34 Å². The third-order valence-corrected chi connectivity index (χ3v) is 8.28. The molecule has 1 saturated heterocycles. The molecule has 1 fully saturated rings. The predicted molar refractivity (Wildman–Crippen MR) is 149 cm³/mol. The van der Waals surface area contributed by atoms with Crippen molar-refractivity contribution in [2.45, 2.75) is 30.0 Å². The Morgan fingerprint density at radius 3 is 2.38 bits per heavy atom. The number of carbonyl (C=O) groups excluding carboxylic acids is 2. The summed E-state index contributed by atoms with van der Waals surface area (Å²) < 4.78 is 19.9. The van der Waals surface area contributed by atoms with E-state index in [9.17, 15) is 19.1 Å². The number of ketones is 1. The van der Waals surface area contributed by atoms with Crippen molar-refractivity contribution in [3.8, 4) is 5.75 Å². The molecule has 1 atom stereocenters. The van der Waals surface area contributed by atoms with Gasteiger partial charge in [-0.1, -0.05) is 65.1 Å². The third kappa shape index (κ3) is 5.57. The molecule has 0 spiro atoms. The first-order valence-corrected chi connectivity index (χ1v) is 14.0. The lowest BCUT2D eigenvalue weighted by molar-refractivity contribution is -0.132. The standard InChI is InChI=1S/C29H24FN3O4S2/c1-3-37-22-14-10-20(11-15-22)25(34)23-24(19-8-12-21(30)13-9-19)33(27(36)26(23)35)28-31-32-29(39-28)38-16-18-6-4-17(2)5-7-18/h4-15,24,34H,3,16H2,1-2H3/b25-23-. The number of halogens is 1. The van der Waals surface area contributed by atoms with Crippen LogP contribution in [0.5, 0.6) is 5.75 Å². The molecule has 0 aliphatic carbocycles. The average Bonchev–Trinajstić information content (AvgIpc) is 3.51. The molecule has 7 nitrogen and oxygen atoms in total. The number of thioether (sulfide) groups is 1. The van der Waals surface area contributed by atoms with Crippen LogP contribution in [0, 0.1) is 12.7 Å². The summed E-state index contributed by atoms with van der Waals surface area (Å²) in [5, 5.41) is 19.9. The van der Waals surface area contributed by atoms with Crippen molar-refractivity contribution in [1.82, 2.24) is 10.2 Å². The zero-order valence-electron chi connectivity index (χ0n) is 21.1. The van der Waals surface area contributed by atoms with Gasteiger partial charge in [0.2, 0.25) is 5.13 Å². The molecular weight excluding hydrogens is 537 g/mol. The molecule has 1 aliphatic rings. The Kier molecular flexibility index (Phi) is 7.76. The van der Waals surface area contributed by atoms with Crippen molar-refractivity contribution in [3.63, 3.8) is 0 Å². The molecule has 0 bridgehead atoms. The van der Waals surface area contributed by atoms with Crippen LogP contribution in [0.15, 0.2) is 82.7 Å². The molecule has 0 radical (unpaired) electrons. The van der Waals surface area contributed by atoms with Crippen molar-refractivity contribution in [2.24, 2.45) is 0 Å². The van der Waals surface area contributed by atoms with Crippen LogP contribution in [0.25, 0.3) is 5.76 Å². The second kappa shape index (κ2) is 11.4. The van der Waals surface area contributed by atoms with Gasteiger partial charge in [0.05, 0.1) is 18.2 Å². The minimum absolute atomic E-state index is 0.111. The van der Waals surface area contributed by atoms with Gasteiger partial charge >= 0.3 is 5.91 Å². The van der Waals surface area contributed by atoms with Gasteiger partial charge in [-0.3, -0.25) is 14.5 Å². The Morgan fingerprint density at radius 1 is 1.03 bits per heavy atom. The summed E-state index contributed by atoms with van der Waals surface area (Å²) in [5.74, 6) is -1.25. The molecule has 1 aliphatic heterocycles. The SMILES string of the molecule is CCOc1ccc(/C(O)=C2/C(=O)C(=O)N(c3nnc(SCc4ccc(C)cc4)s3)C2c2ccc(F)cc2)cc1. The number of aromatic nitrogens is 2. The molecule has 1 N–H and O–H groups in total. The fraction of sp³-hybridized carbons (Fsp3) is 0.172. The fourth-order valence-corrected chi connectivity index (χ4v) is 6.03. The van der Waals surface area contributed by atoms with Crippen molar-refractivity contribution >= 4 is 45.7 Å². The van der Waals surface area contributed by atoms with E-state index in [1.165, 1.54) is 57.8 Å². The van der Waals surface area contributed by atoms with Gasteiger partial charge in [-0.05, 0) is 61.4 Å². The highest BCUT2D eigenvalue weighted by atomic mass is 32.2. The number of benzene rings is 3. The lowest BCUT2D eigenvalue weighted by Gasteiger charge is -2.22. The molecule has 1 aromatic heterocycles. The molecular formula is C29H24FN3O4S2. The summed E-state index contributed by atoms with van der Waals surface area (Å²) in [6, 6.07) is 19.2. The largest absolute Gasteiger partial charge is 0.507 e. The monoisotopic (exact) mass is 561 g/mol. The number of carbonyl (C=O) groups is 2. The number of amides is 1. The number of nitrogens with zero attached hydrogens (tertiary/aromatic N) is 3. The summed E-state index contributed by atoms with van der Waals surface area (Å²) >= 11 is 2.64. The number of anilines is 1. The van der Waals surface area contributed by atoms with Gasteiger partial charge in [-0.25, -0.2) is 4.39 Å². The van der Waals surface area contributed by atoms with Gasteiger partial charge in [0, 0.05) is 11.3 Å². The van der Waals surface area contributed by atoms with Crippen LogP contribution in [0.4, 0.5) is 9.52 Å². The number of aliphatic hydroxyl groups excluding tert-OH is 1. The number of hydrogen-bond donors (Lipinski definition) is 1. The molecule has 2 heterocycles. The first-order valence-electron chi connectivity index (χ1n) is 12.2. The first kappa shape index (κ1) is 26.6. The maximum Gasteiger partial charge on any atom is 0.301 e. The van der Waals surface area contributed by atoms with Crippen molar-refractivity contribution in [2.75, 3.05) is 11.5 Å². The van der Waals surface area contributed by atoms with E-state index in [0.29, 0.717) is 33.6 Å².